The number of hydrogen-bond donors (Lipinski definition) is 0. The Morgan fingerprint density at radius 1 is 0.640 bits per heavy atom. The van der Waals surface area contributed by atoms with E-state index < -0.39 is 0 Å². The minimum absolute atomic E-state index is 0.0838. The van der Waals surface area contributed by atoms with Crippen LogP contribution in [0.1, 0.15) is 116 Å². The molecule has 0 unspecified atom stereocenters. The second-order valence-corrected chi connectivity index (χ2v) is 8.47. The summed E-state index contributed by atoms with van der Waals surface area (Å²) in [5.41, 5.74) is 0. The van der Waals surface area contributed by atoms with Gasteiger partial charge in [-0.2, -0.15) is 11.8 Å². The van der Waals surface area contributed by atoms with E-state index in [4.69, 9.17) is 0 Å². The maximum absolute atomic E-state index is 11.0. The Bertz CT molecular complexity index is 269. The topological polar surface area (TPSA) is 26.3 Å². The van der Waals surface area contributed by atoms with Crippen LogP contribution in [0, 0.1) is 0 Å². The number of esters is 1. The Labute approximate surface area is 162 Å². The summed E-state index contributed by atoms with van der Waals surface area (Å²) in [6.07, 6.45) is 23.3. The van der Waals surface area contributed by atoms with Crippen molar-refractivity contribution in [2.24, 2.45) is 0 Å². The lowest BCUT2D eigenvalue weighted by Gasteiger charge is -2.04. The van der Waals surface area contributed by atoms with E-state index >= 15 is 0 Å². The van der Waals surface area contributed by atoms with Gasteiger partial charge in [0.25, 0.3) is 0 Å². The molecule has 0 aliphatic carbocycles. The van der Waals surface area contributed by atoms with Gasteiger partial charge in [0.2, 0.25) is 0 Å². The summed E-state index contributed by atoms with van der Waals surface area (Å²) in [6.45, 7) is 2.29. The molecule has 0 N–H and O–H groups in total. The van der Waals surface area contributed by atoms with Crippen LogP contribution in [0.3, 0.4) is 0 Å². The molecule has 0 aromatic rings. The highest BCUT2D eigenvalue weighted by atomic mass is 32.2. The van der Waals surface area contributed by atoms with Gasteiger partial charge < -0.3 is 4.74 Å². The summed E-state index contributed by atoms with van der Waals surface area (Å²) in [4.78, 5) is 11.0. The number of carbonyl (C=O) groups excluding carboxylic acids is 1. The van der Waals surface area contributed by atoms with E-state index in [1.165, 1.54) is 116 Å². The lowest BCUT2D eigenvalue weighted by Crippen LogP contribution is -2.01. The van der Waals surface area contributed by atoms with Crippen molar-refractivity contribution in [3.05, 3.63) is 0 Å². The van der Waals surface area contributed by atoms with Crippen LogP contribution >= 0.6 is 11.8 Å². The number of methoxy groups -OCH3 is 1. The average molecular weight is 373 g/mol. The van der Waals surface area contributed by atoms with Crippen molar-refractivity contribution in [2.75, 3.05) is 18.6 Å². The highest BCUT2D eigenvalue weighted by Crippen LogP contribution is 2.14. The number of hydrogen-bond acceptors (Lipinski definition) is 3. The summed E-state index contributed by atoms with van der Waals surface area (Å²) >= 11 is 1.88. The molecule has 0 atom stereocenters. The summed E-state index contributed by atoms with van der Waals surface area (Å²) < 4.78 is 4.63. The van der Waals surface area contributed by atoms with Gasteiger partial charge in [-0.15, -0.1) is 0 Å². The lowest BCUT2D eigenvalue weighted by atomic mass is 10.0. The molecule has 0 bridgehead atoms. The normalized spacial score (nSPS) is 11.0. The van der Waals surface area contributed by atoms with E-state index in [9.17, 15) is 4.79 Å². The van der Waals surface area contributed by atoms with Gasteiger partial charge in [-0.25, -0.2) is 0 Å². The summed E-state index contributed by atoms with van der Waals surface area (Å²) in [5, 5.41) is 0. The summed E-state index contributed by atoms with van der Waals surface area (Å²) in [5.74, 6) is 2.01. The van der Waals surface area contributed by atoms with Crippen molar-refractivity contribution in [3.8, 4) is 0 Å². The molecule has 150 valence electrons. The predicted octanol–water partition coefficient (Wildman–Crippen LogP) is 7.54. The molecule has 0 aliphatic heterocycles. The molecule has 0 radical (unpaired) electrons. The van der Waals surface area contributed by atoms with E-state index in [0.29, 0.717) is 6.42 Å². The molecule has 25 heavy (non-hydrogen) atoms. The third kappa shape index (κ3) is 21.8. The standard InChI is InChI=1S/C22H44O2S/c1-3-4-5-6-7-8-9-10-11-12-13-14-15-16-17-18-20-25-21-19-22(23)24-2/h3-21H2,1-2H3. The van der Waals surface area contributed by atoms with Gasteiger partial charge in [-0.3, -0.25) is 4.79 Å². The van der Waals surface area contributed by atoms with E-state index in [0.717, 1.165) is 5.75 Å². The number of thioether (sulfide) groups is 1. The minimum atomic E-state index is -0.0838. The van der Waals surface area contributed by atoms with Gasteiger partial charge in [0, 0.05) is 5.75 Å². The van der Waals surface area contributed by atoms with Crippen LogP contribution in [0.5, 0.6) is 0 Å². The average Bonchev–Trinajstić information content (AvgIpc) is 2.63. The molecular weight excluding hydrogens is 328 g/mol. The van der Waals surface area contributed by atoms with Crippen LogP contribution in [-0.4, -0.2) is 24.6 Å². The quantitative estimate of drug-likeness (QED) is 0.163. The number of unbranched alkanes of at least 4 members (excludes halogenated alkanes) is 15. The fraction of sp³-hybridized carbons (Fsp3) is 0.955. The number of rotatable bonds is 20. The molecule has 0 aliphatic rings. The first-order valence-corrected chi connectivity index (χ1v) is 12.1. The van der Waals surface area contributed by atoms with Crippen LogP contribution in [-0.2, 0) is 9.53 Å². The van der Waals surface area contributed by atoms with Crippen molar-refractivity contribution < 1.29 is 9.53 Å². The highest BCUT2D eigenvalue weighted by molar-refractivity contribution is 7.99. The highest BCUT2D eigenvalue weighted by Gasteiger charge is 1.99. The minimum Gasteiger partial charge on any atom is -0.469 e. The summed E-state index contributed by atoms with van der Waals surface area (Å²) in [7, 11) is 1.46. The smallest absolute Gasteiger partial charge is 0.306 e. The molecule has 0 saturated carbocycles. The van der Waals surface area contributed by atoms with Crippen molar-refractivity contribution in [2.45, 2.75) is 116 Å². The van der Waals surface area contributed by atoms with Gasteiger partial charge in [0.05, 0.1) is 13.5 Å². The van der Waals surface area contributed by atoms with Crippen molar-refractivity contribution >= 4 is 17.7 Å². The van der Waals surface area contributed by atoms with Gasteiger partial charge >= 0.3 is 5.97 Å². The molecule has 0 heterocycles. The van der Waals surface area contributed by atoms with Gasteiger partial charge in [-0.05, 0) is 12.2 Å². The van der Waals surface area contributed by atoms with Gasteiger partial charge in [-0.1, -0.05) is 103 Å². The Morgan fingerprint density at radius 3 is 1.44 bits per heavy atom. The maximum atomic E-state index is 11.0. The van der Waals surface area contributed by atoms with E-state index in [-0.39, 0.29) is 5.97 Å². The molecule has 3 heteroatoms. The zero-order chi connectivity index (χ0) is 18.4. The third-order valence-corrected chi connectivity index (χ3v) is 5.89. The Hall–Kier alpha value is -0.180. The van der Waals surface area contributed by atoms with Crippen LogP contribution in [0.4, 0.5) is 0 Å². The first-order valence-electron chi connectivity index (χ1n) is 11.0. The molecule has 0 fully saturated rings. The Balaban J connectivity index is 2.99. The van der Waals surface area contributed by atoms with Crippen molar-refractivity contribution in [1.82, 2.24) is 0 Å². The first-order chi connectivity index (χ1) is 12.3. The SMILES string of the molecule is CCCCCCCCCCCCCCCCCCSCCC(=O)OC. The Morgan fingerprint density at radius 2 is 1.04 bits per heavy atom. The van der Waals surface area contributed by atoms with Crippen LogP contribution in [0.2, 0.25) is 0 Å². The van der Waals surface area contributed by atoms with Gasteiger partial charge in [0.1, 0.15) is 0 Å². The van der Waals surface area contributed by atoms with Gasteiger partial charge in [0.15, 0.2) is 0 Å². The fourth-order valence-corrected chi connectivity index (χ4v) is 4.04. The third-order valence-electron chi connectivity index (χ3n) is 4.82. The van der Waals surface area contributed by atoms with Crippen LogP contribution < -0.4 is 0 Å². The van der Waals surface area contributed by atoms with E-state index in [1.54, 1.807) is 0 Å². The van der Waals surface area contributed by atoms with E-state index in [1.807, 2.05) is 11.8 Å². The molecule has 0 aromatic carbocycles. The van der Waals surface area contributed by atoms with Crippen molar-refractivity contribution in [1.29, 1.82) is 0 Å². The molecule has 0 rings (SSSR count). The molecular formula is C22H44O2S. The number of carbonyl (C=O) groups is 1. The maximum Gasteiger partial charge on any atom is 0.306 e. The molecule has 0 spiro atoms. The zero-order valence-corrected chi connectivity index (χ0v) is 18.0. The largest absolute Gasteiger partial charge is 0.469 e. The first kappa shape index (κ1) is 24.8. The van der Waals surface area contributed by atoms with Crippen LogP contribution in [0.25, 0.3) is 0 Å². The van der Waals surface area contributed by atoms with Crippen molar-refractivity contribution in [3.63, 3.8) is 0 Å². The predicted molar refractivity (Wildman–Crippen MR) is 114 cm³/mol. The monoisotopic (exact) mass is 372 g/mol. The molecule has 2 nitrogen and oxygen atoms in total. The lowest BCUT2D eigenvalue weighted by molar-refractivity contribution is -0.140. The number of ether oxygens (including phenoxy) is 1. The Kier molecular flexibility index (Phi) is 21.7. The van der Waals surface area contributed by atoms with E-state index in [2.05, 4.69) is 11.7 Å². The fourth-order valence-electron chi connectivity index (χ4n) is 3.11. The second kappa shape index (κ2) is 21.9. The molecule has 0 saturated heterocycles. The second-order valence-electron chi connectivity index (χ2n) is 7.24. The summed E-state index contributed by atoms with van der Waals surface area (Å²) in [6, 6.07) is 0. The van der Waals surface area contributed by atoms with Crippen LogP contribution in [0.15, 0.2) is 0 Å². The molecule has 0 amide bonds. The zero-order valence-electron chi connectivity index (χ0n) is 17.2. The molecule has 0 aromatic heterocycles.